The van der Waals surface area contributed by atoms with Crippen molar-refractivity contribution in [3.63, 3.8) is 0 Å². The molecule has 0 radical (unpaired) electrons. The summed E-state index contributed by atoms with van der Waals surface area (Å²) in [6.07, 6.45) is 3.25. The molecule has 2 saturated heterocycles. The van der Waals surface area contributed by atoms with Gasteiger partial charge in [0.15, 0.2) is 0 Å². The maximum atomic E-state index is 13.2. The summed E-state index contributed by atoms with van der Waals surface area (Å²) in [7, 11) is 0. The van der Waals surface area contributed by atoms with Gasteiger partial charge in [-0.2, -0.15) is 0 Å². The molecule has 3 amide bonds. The average Bonchev–Trinajstić information content (AvgIpc) is 3.21. The summed E-state index contributed by atoms with van der Waals surface area (Å²) in [4.78, 5) is 43.1. The van der Waals surface area contributed by atoms with Crippen LogP contribution in [0.25, 0.3) is 0 Å². The predicted octanol–water partition coefficient (Wildman–Crippen LogP) is 3.00. The van der Waals surface area contributed by atoms with Gasteiger partial charge in [0.25, 0.3) is 5.91 Å². The Morgan fingerprint density at radius 1 is 0.935 bits per heavy atom. The molecule has 3 heterocycles. The van der Waals surface area contributed by atoms with Crippen LogP contribution >= 0.6 is 0 Å². The van der Waals surface area contributed by atoms with Crippen LogP contribution in [0, 0.1) is 5.92 Å². The fourth-order valence-electron chi connectivity index (χ4n) is 4.20. The molecule has 0 spiro atoms. The highest BCUT2D eigenvalue weighted by Crippen LogP contribution is 2.26. The SMILES string of the molecule is CC(C)C(=O)N1CCN(C(=O)c2cccn2C2CCN(C(=O)OC(C)(C)C)CC2)CC1. The van der Waals surface area contributed by atoms with Crippen LogP contribution in [0.4, 0.5) is 4.79 Å². The largest absolute Gasteiger partial charge is 0.444 e. The lowest BCUT2D eigenvalue weighted by molar-refractivity contribution is -0.135. The van der Waals surface area contributed by atoms with Crippen molar-refractivity contribution in [2.45, 2.75) is 59.1 Å². The molecule has 172 valence electrons. The third-order valence-electron chi connectivity index (χ3n) is 5.88. The average molecular weight is 433 g/mol. The highest BCUT2D eigenvalue weighted by Gasteiger charge is 2.31. The van der Waals surface area contributed by atoms with Gasteiger partial charge in [-0.1, -0.05) is 13.8 Å². The topological polar surface area (TPSA) is 75.1 Å². The number of ether oxygens (including phenoxy) is 1. The number of hydrogen-bond acceptors (Lipinski definition) is 4. The Kier molecular flexibility index (Phi) is 6.96. The summed E-state index contributed by atoms with van der Waals surface area (Å²) < 4.78 is 7.53. The van der Waals surface area contributed by atoms with Crippen molar-refractivity contribution in [3.8, 4) is 0 Å². The summed E-state index contributed by atoms with van der Waals surface area (Å²) in [6.45, 7) is 12.9. The molecule has 1 aromatic heterocycles. The van der Waals surface area contributed by atoms with Crippen molar-refractivity contribution >= 4 is 17.9 Å². The summed E-state index contributed by atoms with van der Waals surface area (Å²) >= 11 is 0. The lowest BCUT2D eigenvalue weighted by Crippen LogP contribution is -2.51. The zero-order valence-corrected chi connectivity index (χ0v) is 19.5. The fourth-order valence-corrected chi connectivity index (χ4v) is 4.20. The molecule has 2 aliphatic heterocycles. The van der Waals surface area contributed by atoms with Gasteiger partial charge in [0, 0.05) is 57.4 Å². The van der Waals surface area contributed by atoms with E-state index in [0.717, 1.165) is 12.8 Å². The van der Waals surface area contributed by atoms with Crippen LogP contribution in [0.5, 0.6) is 0 Å². The minimum atomic E-state index is -0.502. The number of hydrogen-bond donors (Lipinski definition) is 0. The lowest BCUT2D eigenvalue weighted by Gasteiger charge is -2.37. The van der Waals surface area contributed by atoms with Crippen LogP contribution < -0.4 is 0 Å². The second-order valence-electron chi connectivity index (χ2n) is 9.77. The van der Waals surface area contributed by atoms with Gasteiger partial charge in [-0.05, 0) is 45.7 Å². The van der Waals surface area contributed by atoms with E-state index in [1.165, 1.54) is 0 Å². The minimum Gasteiger partial charge on any atom is -0.444 e. The first-order chi connectivity index (χ1) is 14.6. The molecule has 2 fully saturated rings. The van der Waals surface area contributed by atoms with Crippen LogP contribution in [0.3, 0.4) is 0 Å². The van der Waals surface area contributed by atoms with E-state index in [9.17, 15) is 14.4 Å². The van der Waals surface area contributed by atoms with Gasteiger partial charge in [0.1, 0.15) is 11.3 Å². The van der Waals surface area contributed by atoms with Crippen LogP contribution in [0.15, 0.2) is 18.3 Å². The van der Waals surface area contributed by atoms with E-state index < -0.39 is 5.60 Å². The number of piperidine rings is 1. The van der Waals surface area contributed by atoms with E-state index in [0.29, 0.717) is 45.0 Å². The second-order valence-corrected chi connectivity index (χ2v) is 9.77. The Hall–Kier alpha value is -2.51. The van der Waals surface area contributed by atoms with Gasteiger partial charge in [0.2, 0.25) is 5.91 Å². The number of rotatable bonds is 3. The molecule has 1 aromatic rings. The summed E-state index contributed by atoms with van der Waals surface area (Å²) in [5.74, 6) is 0.134. The third kappa shape index (κ3) is 5.60. The lowest BCUT2D eigenvalue weighted by atomic mass is 10.0. The van der Waals surface area contributed by atoms with Crippen molar-refractivity contribution in [1.29, 1.82) is 0 Å². The monoisotopic (exact) mass is 432 g/mol. The minimum absolute atomic E-state index is 0.0104. The highest BCUT2D eigenvalue weighted by molar-refractivity contribution is 5.93. The zero-order chi connectivity index (χ0) is 22.8. The number of carbonyl (C=O) groups is 3. The molecule has 0 unspecified atom stereocenters. The molecule has 0 atom stereocenters. The molecule has 0 bridgehead atoms. The first-order valence-electron chi connectivity index (χ1n) is 11.3. The Morgan fingerprint density at radius 2 is 1.52 bits per heavy atom. The first-order valence-corrected chi connectivity index (χ1v) is 11.3. The second kappa shape index (κ2) is 9.32. The predicted molar refractivity (Wildman–Crippen MR) is 118 cm³/mol. The fraction of sp³-hybridized carbons (Fsp3) is 0.696. The number of amides is 3. The third-order valence-corrected chi connectivity index (χ3v) is 5.88. The number of likely N-dealkylation sites (tertiary alicyclic amines) is 1. The molecule has 0 saturated carbocycles. The number of piperazine rings is 1. The molecular formula is C23H36N4O4. The summed E-state index contributed by atoms with van der Waals surface area (Å²) in [5.41, 5.74) is 0.178. The molecular weight excluding hydrogens is 396 g/mol. The maximum absolute atomic E-state index is 13.2. The molecule has 8 heteroatoms. The van der Waals surface area contributed by atoms with Crippen LogP contribution in [0.1, 0.15) is 64.0 Å². The van der Waals surface area contributed by atoms with Crippen molar-refractivity contribution in [1.82, 2.24) is 19.3 Å². The van der Waals surface area contributed by atoms with Crippen molar-refractivity contribution in [3.05, 3.63) is 24.0 Å². The molecule has 0 aromatic carbocycles. The van der Waals surface area contributed by atoms with Gasteiger partial charge in [-0.25, -0.2) is 4.79 Å². The van der Waals surface area contributed by atoms with E-state index in [4.69, 9.17) is 4.74 Å². The molecule has 2 aliphatic rings. The van der Waals surface area contributed by atoms with Crippen molar-refractivity contribution in [2.24, 2.45) is 5.92 Å². The van der Waals surface area contributed by atoms with Crippen molar-refractivity contribution in [2.75, 3.05) is 39.3 Å². The van der Waals surface area contributed by atoms with Crippen LogP contribution in [-0.4, -0.2) is 82.0 Å². The van der Waals surface area contributed by atoms with E-state index >= 15 is 0 Å². The van der Waals surface area contributed by atoms with Gasteiger partial charge in [-0.3, -0.25) is 9.59 Å². The first kappa shape index (κ1) is 23.2. The van der Waals surface area contributed by atoms with E-state index in [2.05, 4.69) is 4.57 Å². The van der Waals surface area contributed by atoms with Gasteiger partial charge < -0.3 is 24.0 Å². The van der Waals surface area contributed by atoms with E-state index in [-0.39, 0.29) is 29.9 Å². The molecule has 0 aliphatic carbocycles. The molecule has 3 rings (SSSR count). The summed E-state index contributed by atoms with van der Waals surface area (Å²) in [6, 6.07) is 3.96. The smallest absolute Gasteiger partial charge is 0.410 e. The molecule has 31 heavy (non-hydrogen) atoms. The normalized spacial score (nSPS) is 18.5. The molecule has 0 N–H and O–H groups in total. The quantitative estimate of drug-likeness (QED) is 0.736. The Bertz CT molecular complexity index is 795. The summed E-state index contributed by atoms with van der Waals surface area (Å²) in [5, 5.41) is 0. The van der Waals surface area contributed by atoms with Crippen LogP contribution in [0.2, 0.25) is 0 Å². The van der Waals surface area contributed by atoms with E-state index in [1.54, 1.807) is 4.90 Å². The maximum Gasteiger partial charge on any atom is 0.410 e. The Balaban J connectivity index is 1.57. The van der Waals surface area contributed by atoms with Crippen molar-refractivity contribution < 1.29 is 19.1 Å². The number of aromatic nitrogens is 1. The van der Waals surface area contributed by atoms with Crippen LogP contribution in [-0.2, 0) is 9.53 Å². The molecule has 8 nitrogen and oxygen atoms in total. The number of carbonyl (C=O) groups excluding carboxylic acids is 3. The Labute approximate surface area is 185 Å². The Morgan fingerprint density at radius 3 is 2.06 bits per heavy atom. The van der Waals surface area contributed by atoms with E-state index in [1.807, 2.05) is 62.7 Å². The van der Waals surface area contributed by atoms with Gasteiger partial charge >= 0.3 is 6.09 Å². The standard InChI is InChI=1S/C23H36N4O4/c1-17(2)20(28)24-13-15-25(16-14-24)21(29)19-7-6-10-27(19)18-8-11-26(12-9-18)22(30)31-23(3,4)5/h6-7,10,17-18H,8-9,11-16H2,1-5H3. The van der Waals surface area contributed by atoms with Gasteiger partial charge in [0.05, 0.1) is 0 Å². The van der Waals surface area contributed by atoms with Gasteiger partial charge in [-0.15, -0.1) is 0 Å². The number of nitrogens with zero attached hydrogens (tertiary/aromatic N) is 4. The zero-order valence-electron chi connectivity index (χ0n) is 19.5. The highest BCUT2D eigenvalue weighted by atomic mass is 16.6.